The van der Waals surface area contributed by atoms with E-state index in [1.165, 1.54) is 36.7 Å². The third-order valence-corrected chi connectivity index (χ3v) is 10.9. The predicted molar refractivity (Wildman–Crippen MR) is 226 cm³/mol. The van der Waals surface area contributed by atoms with E-state index in [4.69, 9.17) is 49.0 Å². The van der Waals surface area contributed by atoms with Gasteiger partial charge in [-0.25, -0.2) is 43.1 Å². The first-order valence-corrected chi connectivity index (χ1v) is 20.2. The van der Waals surface area contributed by atoms with Crippen molar-refractivity contribution in [3.63, 3.8) is 0 Å². The van der Waals surface area contributed by atoms with Crippen molar-refractivity contribution in [1.29, 1.82) is 0 Å². The van der Waals surface area contributed by atoms with Crippen LogP contribution in [0.5, 0.6) is 0 Å². The minimum absolute atomic E-state index is 0.0766. The maximum Gasteiger partial charge on any atom is 0.359 e. The summed E-state index contributed by atoms with van der Waals surface area (Å²) < 4.78 is 40.6. The smallest absolute Gasteiger partial charge is 0.359 e. The van der Waals surface area contributed by atoms with Crippen LogP contribution in [0.2, 0.25) is 10.2 Å². The molecular formula is C41H42Cl2F2N10O6. The van der Waals surface area contributed by atoms with E-state index >= 15 is 8.78 Å². The van der Waals surface area contributed by atoms with E-state index in [2.05, 4.69) is 30.6 Å². The van der Waals surface area contributed by atoms with Crippen LogP contribution >= 0.6 is 23.2 Å². The maximum absolute atomic E-state index is 15.1. The molecule has 0 radical (unpaired) electrons. The molecule has 2 atom stereocenters. The normalized spacial score (nSPS) is 18.8. The second kappa shape index (κ2) is 18.6. The standard InChI is InChI=1S/C41H42Cl2F2N10O6/c42-27-7-16-34(49-21-27)53-38(57)54(31-11-3-25(4-12-31)1-8-29-23-59-36(46)50-29)40(17-19-41(44,45)20-18-40)35(56)61-55(39(58)52-28-10-15-33(43)48-22-28)32-13-5-26(6-14-32)2-9-30-24-60-37(47)51-30/h3-7,10-16,21-22,29-30H,1-2,8-9,17-20,23-24H2,(H2,46,50)(H2,47,51)(H,52,58)(H,49,53,57)/t29-,30-/m0/s1. The summed E-state index contributed by atoms with van der Waals surface area (Å²) >= 11 is 12.0. The Morgan fingerprint density at radius 2 is 1.33 bits per heavy atom. The lowest BCUT2D eigenvalue weighted by molar-refractivity contribution is -0.155. The summed E-state index contributed by atoms with van der Waals surface area (Å²) in [5.41, 5.74) is 11.5. The maximum atomic E-state index is 15.1. The van der Waals surface area contributed by atoms with Gasteiger partial charge in [-0.05, 0) is 98.2 Å². The Balaban J connectivity index is 1.22. The fourth-order valence-electron chi connectivity index (χ4n) is 7.17. The Morgan fingerprint density at radius 1 is 0.738 bits per heavy atom. The van der Waals surface area contributed by atoms with Gasteiger partial charge in [0.2, 0.25) is 5.92 Å². The molecule has 61 heavy (non-hydrogen) atoms. The molecule has 0 spiro atoms. The molecule has 2 aliphatic heterocycles. The van der Waals surface area contributed by atoms with E-state index in [9.17, 15) is 14.4 Å². The van der Waals surface area contributed by atoms with Gasteiger partial charge in [0.25, 0.3) is 12.0 Å². The van der Waals surface area contributed by atoms with Gasteiger partial charge in [-0.1, -0.05) is 47.5 Å². The van der Waals surface area contributed by atoms with Gasteiger partial charge in [0.05, 0.1) is 34.7 Å². The number of anilines is 4. The van der Waals surface area contributed by atoms with Gasteiger partial charge in [-0.15, -0.1) is 5.06 Å². The Kier molecular flexibility index (Phi) is 13.0. The number of urea groups is 2. The van der Waals surface area contributed by atoms with Crippen molar-refractivity contribution in [2.75, 3.05) is 33.8 Å². The molecule has 16 nitrogen and oxygen atoms in total. The first kappa shape index (κ1) is 42.8. The number of carbonyl (C=O) groups excluding carboxylic acids is 3. The molecule has 4 aromatic rings. The number of nitrogens with zero attached hydrogens (tertiary/aromatic N) is 6. The number of nitrogens with two attached hydrogens (primary N) is 2. The minimum Gasteiger partial charge on any atom is -0.463 e. The number of pyridine rings is 2. The molecule has 0 bridgehead atoms. The van der Waals surface area contributed by atoms with Crippen LogP contribution in [0.25, 0.3) is 0 Å². The monoisotopic (exact) mass is 878 g/mol. The minimum atomic E-state index is -3.15. The number of nitrogens with one attached hydrogen (secondary N) is 2. The number of ether oxygens (including phenoxy) is 2. The van der Waals surface area contributed by atoms with Crippen LogP contribution in [-0.4, -0.2) is 76.8 Å². The highest BCUT2D eigenvalue weighted by molar-refractivity contribution is 6.30. The first-order chi connectivity index (χ1) is 29.2. The Labute approximate surface area is 359 Å². The topological polar surface area (TPSA) is 212 Å². The summed E-state index contributed by atoms with van der Waals surface area (Å²) in [6.45, 7) is 0.738. The van der Waals surface area contributed by atoms with Crippen LogP contribution in [0.4, 0.5) is 41.2 Å². The summed E-state index contributed by atoms with van der Waals surface area (Å²) in [6.07, 6.45) is 2.46. The van der Waals surface area contributed by atoms with Crippen LogP contribution < -0.4 is 32.1 Å². The van der Waals surface area contributed by atoms with Crippen molar-refractivity contribution in [1.82, 2.24) is 9.97 Å². The highest BCUT2D eigenvalue weighted by Crippen LogP contribution is 2.45. The zero-order valence-corrected chi connectivity index (χ0v) is 34.1. The number of amidine groups is 2. The van der Waals surface area contributed by atoms with Gasteiger partial charge in [0.15, 0.2) is 0 Å². The molecule has 1 aliphatic carbocycles. The molecule has 0 unspecified atom stereocenters. The molecule has 3 aliphatic rings. The molecule has 320 valence electrons. The first-order valence-electron chi connectivity index (χ1n) is 19.4. The van der Waals surface area contributed by atoms with Gasteiger partial charge < -0.3 is 31.1 Å². The number of alkyl halides is 2. The van der Waals surface area contributed by atoms with E-state index < -0.39 is 55.2 Å². The second-order valence-corrected chi connectivity index (χ2v) is 15.6. The van der Waals surface area contributed by atoms with E-state index in [-0.39, 0.29) is 52.2 Å². The van der Waals surface area contributed by atoms with Gasteiger partial charge in [0.1, 0.15) is 29.7 Å². The summed E-state index contributed by atoms with van der Waals surface area (Å²) in [6, 6.07) is 17.5. The number of halogens is 4. The van der Waals surface area contributed by atoms with E-state index in [1.807, 2.05) is 0 Å². The molecule has 2 aromatic heterocycles. The lowest BCUT2D eigenvalue weighted by atomic mass is 9.78. The number of aromatic nitrogens is 2. The van der Waals surface area contributed by atoms with Crippen molar-refractivity contribution in [2.45, 2.75) is 74.9 Å². The molecule has 7 rings (SSSR count). The van der Waals surface area contributed by atoms with Gasteiger partial charge >= 0.3 is 18.0 Å². The van der Waals surface area contributed by atoms with Crippen molar-refractivity contribution in [2.24, 2.45) is 21.5 Å². The Hall–Kier alpha value is -6.27. The number of hydroxylamine groups is 1. The summed E-state index contributed by atoms with van der Waals surface area (Å²) in [5, 5.41) is 6.51. The summed E-state index contributed by atoms with van der Waals surface area (Å²) in [5.74, 6) is -4.22. The van der Waals surface area contributed by atoms with Crippen LogP contribution in [0.3, 0.4) is 0 Å². The van der Waals surface area contributed by atoms with E-state index in [0.717, 1.165) is 16.0 Å². The van der Waals surface area contributed by atoms with E-state index in [0.29, 0.717) is 49.0 Å². The molecule has 6 N–H and O–H groups in total. The number of hydrogen-bond acceptors (Lipinski definition) is 12. The summed E-state index contributed by atoms with van der Waals surface area (Å²) in [7, 11) is 0. The quantitative estimate of drug-likeness (QED) is 0.0826. The average Bonchev–Trinajstić information content (AvgIpc) is 3.88. The van der Waals surface area contributed by atoms with Crippen molar-refractivity contribution in [3.05, 3.63) is 106 Å². The molecule has 2 aromatic carbocycles. The molecule has 0 saturated heterocycles. The van der Waals surface area contributed by atoms with E-state index in [1.54, 1.807) is 48.5 Å². The number of aryl methyl sites for hydroxylation is 2. The highest BCUT2D eigenvalue weighted by Gasteiger charge is 2.56. The zero-order valence-electron chi connectivity index (χ0n) is 32.6. The number of carbonyl (C=O) groups is 3. The molecular weight excluding hydrogens is 837 g/mol. The van der Waals surface area contributed by atoms with Crippen LogP contribution in [0.1, 0.15) is 49.7 Å². The highest BCUT2D eigenvalue weighted by atomic mass is 35.5. The van der Waals surface area contributed by atoms with Crippen LogP contribution in [0, 0.1) is 0 Å². The predicted octanol–water partition coefficient (Wildman–Crippen LogP) is 7.26. The number of aliphatic imine (C=N–C) groups is 2. The lowest BCUT2D eigenvalue weighted by Gasteiger charge is -2.45. The van der Waals surface area contributed by atoms with Crippen molar-refractivity contribution >= 4 is 76.2 Å². The van der Waals surface area contributed by atoms with Gasteiger partial charge in [-0.2, -0.15) is 0 Å². The largest absolute Gasteiger partial charge is 0.463 e. The number of amides is 4. The number of hydrogen-bond donors (Lipinski definition) is 4. The molecule has 1 fully saturated rings. The number of rotatable bonds is 12. The average molecular weight is 880 g/mol. The van der Waals surface area contributed by atoms with Crippen molar-refractivity contribution in [3.8, 4) is 0 Å². The summed E-state index contributed by atoms with van der Waals surface area (Å²) in [4.78, 5) is 67.4. The number of benzene rings is 2. The molecule has 1 saturated carbocycles. The second-order valence-electron chi connectivity index (χ2n) is 14.8. The molecule has 20 heteroatoms. The fourth-order valence-corrected chi connectivity index (χ4v) is 7.39. The van der Waals surface area contributed by atoms with Crippen LogP contribution in [0.15, 0.2) is 95.2 Å². The third kappa shape index (κ3) is 10.7. The Bertz CT molecular complexity index is 2260. The van der Waals surface area contributed by atoms with Crippen LogP contribution in [-0.2, 0) is 31.9 Å². The Morgan fingerprint density at radius 3 is 1.84 bits per heavy atom. The molecule has 4 heterocycles. The third-order valence-electron chi connectivity index (χ3n) is 10.5. The molecule has 4 amide bonds. The van der Waals surface area contributed by atoms with Crippen molar-refractivity contribution < 1.29 is 37.5 Å². The fraction of sp³-hybridized carbons (Fsp3) is 0.341. The van der Waals surface area contributed by atoms with Gasteiger partial charge in [-0.3, -0.25) is 10.2 Å². The zero-order chi connectivity index (χ0) is 43.1. The van der Waals surface area contributed by atoms with Gasteiger partial charge in [0, 0.05) is 24.7 Å². The lowest BCUT2D eigenvalue weighted by Crippen LogP contribution is -2.63. The SMILES string of the molecule is NC1=N[C@@H](CCc2ccc(N(OC(=O)C3(N(C(=O)Nc4ccc(Cl)cn4)c4ccc(CC[C@H]5COC(N)=N5)cc4)CCC(F)(F)CC3)C(=O)Nc3ccc(Cl)nc3)cc2)CO1.